The highest BCUT2D eigenvalue weighted by Gasteiger charge is 2.30. The second kappa shape index (κ2) is 7.31. The van der Waals surface area contributed by atoms with Crippen molar-refractivity contribution in [3.05, 3.63) is 22.2 Å². The van der Waals surface area contributed by atoms with Gasteiger partial charge in [-0.1, -0.05) is 30.1 Å². The maximum Gasteiger partial charge on any atom is 0.321 e. The minimum atomic E-state index is -4.03. The van der Waals surface area contributed by atoms with Gasteiger partial charge < -0.3 is 10.5 Å². The molecule has 1 aromatic rings. The summed E-state index contributed by atoms with van der Waals surface area (Å²) in [7, 11) is -2.85. The summed E-state index contributed by atoms with van der Waals surface area (Å²) >= 11 is 11.7. The number of hydrogen-bond donors (Lipinski definition) is 1. The lowest BCUT2D eigenvalue weighted by Crippen LogP contribution is -2.37. The highest BCUT2D eigenvalue weighted by atomic mass is 35.5. The molecule has 0 aliphatic heterocycles. The van der Waals surface area contributed by atoms with Gasteiger partial charge in [-0.25, -0.2) is 8.42 Å². The fourth-order valence-corrected chi connectivity index (χ4v) is 4.14. The van der Waals surface area contributed by atoms with E-state index in [2.05, 4.69) is 4.74 Å². The first-order chi connectivity index (χ1) is 9.73. The second-order valence-corrected chi connectivity index (χ2v) is 6.94. The number of nitrogens with zero attached hydrogens (tertiary/aromatic N) is 1. The van der Waals surface area contributed by atoms with Crippen LogP contribution in [-0.2, 0) is 19.6 Å². The van der Waals surface area contributed by atoms with Crippen molar-refractivity contribution in [1.29, 1.82) is 0 Å². The van der Waals surface area contributed by atoms with Crippen LogP contribution in [0.1, 0.15) is 13.3 Å². The van der Waals surface area contributed by atoms with Crippen LogP contribution < -0.4 is 5.73 Å². The zero-order valence-corrected chi connectivity index (χ0v) is 13.9. The van der Waals surface area contributed by atoms with Crippen LogP contribution in [0.4, 0.5) is 5.69 Å². The average molecular weight is 355 g/mol. The maximum absolute atomic E-state index is 12.6. The predicted octanol–water partition coefficient (Wildman–Crippen LogP) is 2.15. The number of nitrogen functional groups attached to an aromatic ring is 1. The number of carbonyl (C=O) groups is 1. The zero-order chi connectivity index (χ0) is 16.2. The second-order valence-electron chi connectivity index (χ2n) is 4.22. The Morgan fingerprint density at radius 3 is 2.48 bits per heavy atom. The van der Waals surface area contributed by atoms with E-state index in [4.69, 9.17) is 28.9 Å². The van der Waals surface area contributed by atoms with Crippen molar-refractivity contribution in [3.63, 3.8) is 0 Å². The zero-order valence-electron chi connectivity index (χ0n) is 11.6. The molecular formula is C12H16Cl2N2O4S. The summed E-state index contributed by atoms with van der Waals surface area (Å²) in [5, 5.41) is 0.137. The number of hydrogen-bond acceptors (Lipinski definition) is 5. The van der Waals surface area contributed by atoms with Gasteiger partial charge in [-0.2, -0.15) is 4.31 Å². The summed E-state index contributed by atoms with van der Waals surface area (Å²) in [5.41, 5.74) is 5.64. The molecular weight excluding hydrogens is 339 g/mol. The van der Waals surface area contributed by atoms with E-state index >= 15 is 0 Å². The first kappa shape index (κ1) is 18.0. The van der Waals surface area contributed by atoms with Crippen LogP contribution in [0.3, 0.4) is 0 Å². The van der Waals surface area contributed by atoms with Crippen LogP contribution in [-0.4, -0.2) is 38.9 Å². The Labute approximate surface area is 133 Å². The van der Waals surface area contributed by atoms with Crippen LogP contribution in [0, 0.1) is 0 Å². The Balaban J connectivity index is 3.32. The van der Waals surface area contributed by atoms with Gasteiger partial charge in [-0.05, 0) is 18.6 Å². The molecule has 0 amide bonds. The molecule has 0 aromatic heterocycles. The smallest absolute Gasteiger partial charge is 0.321 e. The minimum absolute atomic E-state index is 0.0709. The molecule has 0 unspecified atom stereocenters. The van der Waals surface area contributed by atoms with E-state index < -0.39 is 22.5 Å². The van der Waals surface area contributed by atoms with E-state index in [1.807, 2.05) is 0 Å². The third-order valence-corrected chi connectivity index (χ3v) is 5.23. The molecule has 1 aromatic carbocycles. The summed E-state index contributed by atoms with van der Waals surface area (Å²) in [6, 6.07) is 2.58. The van der Waals surface area contributed by atoms with E-state index in [-0.39, 0.29) is 27.2 Å². The molecule has 0 bridgehead atoms. The molecule has 9 heteroatoms. The maximum atomic E-state index is 12.6. The number of halogens is 2. The SMILES string of the molecule is CCCN(CC(=O)OC)S(=O)(=O)c1c(N)cc(Cl)cc1Cl. The quantitative estimate of drug-likeness (QED) is 0.624. The summed E-state index contributed by atoms with van der Waals surface area (Å²) in [4.78, 5) is 11.1. The molecule has 2 N–H and O–H groups in total. The summed E-state index contributed by atoms with van der Waals surface area (Å²) in [6.45, 7) is 1.51. The standard InChI is InChI=1S/C12H16Cl2N2O4S/c1-3-4-16(7-11(17)20-2)21(18,19)12-9(14)5-8(13)6-10(12)15/h5-6H,3-4,7,15H2,1-2H3. The van der Waals surface area contributed by atoms with Crippen LogP contribution in [0.5, 0.6) is 0 Å². The van der Waals surface area contributed by atoms with E-state index in [1.54, 1.807) is 6.92 Å². The first-order valence-corrected chi connectivity index (χ1v) is 8.25. The number of sulfonamides is 1. The van der Waals surface area contributed by atoms with Gasteiger partial charge in [0.1, 0.15) is 11.4 Å². The first-order valence-electron chi connectivity index (χ1n) is 6.05. The van der Waals surface area contributed by atoms with E-state index in [0.717, 1.165) is 4.31 Å². The summed E-state index contributed by atoms with van der Waals surface area (Å²) in [6.07, 6.45) is 0.515. The molecule has 1 rings (SSSR count). The number of rotatable bonds is 6. The van der Waals surface area contributed by atoms with Gasteiger partial charge in [0.15, 0.2) is 0 Å². The lowest BCUT2D eigenvalue weighted by atomic mass is 10.3. The molecule has 0 fully saturated rings. The average Bonchev–Trinajstić information content (AvgIpc) is 2.36. The number of nitrogens with two attached hydrogens (primary N) is 1. The van der Waals surface area contributed by atoms with Gasteiger partial charge in [-0.3, -0.25) is 4.79 Å². The fourth-order valence-electron chi connectivity index (χ4n) is 1.72. The molecule has 0 spiro atoms. The third kappa shape index (κ3) is 4.23. The van der Waals surface area contributed by atoms with Gasteiger partial charge in [0.05, 0.1) is 17.8 Å². The van der Waals surface area contributed by atoms with Gasteiger partial charge >= 0.3 is 5.97 Å². The van der Waals surface area contributed by atoms with Crippen molar-refractivity contribution >= 4 is 44.9 Å². The number of carbonyl (C=O) groups excluding carboxylic acids is 1. The third-order valence-electron chi connectivity index (χ3n) is 2.64. The van der Waals surface area contributed by atoms with E-state index in [0.29, 0.717) is 6.42 Å². The lowest BCUT2D eigenvalue weighted by Gasteiger charge is -2.22. The Kier molecular flexibility index (Phi) is 6.27. The van der Waals surface area contributed by atoms with Crippen molar-refractivity contribution in [2.45, 2.75) is 18.2 Å². The Bertz CT molecular complexity index is 611. The summed E-state index contributed by atoms with van der Waals surface area (Å²) < 4.78 is 30.8. The monoisotopic (exact) mass is 354 g/mol. The molecule has 0 saturated heterocycles. The van der Waals surface area contributed by atoms with Crippen molar-refractivity contribution in [1.82, 2.24) is 4.31 Å². The molecule has 0 aliphatic rings. The van der Waals surface area contributed by atoms with Crippen LogP contribution in [0.15, 0.2) is 17.0 Å². The molecule has 118 valence electrons. The number of benzene rings is 1. The van der Waals surface area contributed by atoms with Gasteiger partial charge in [0.2, 0.25) is 10.0 Å². The van der Waals surface area contributed by atoms with Crippen LogP contribution >= 0.6 is 23.2 Å². The molecule has 0 heterocycles. The van der Waals surface area contributed by atoms with Crippen molar-refractivity contribution in [2.24, 2.45) is 0 Å². The molecule has 0 saturated carbocycles. The van der Waals surface area contributed by atoms with Gasteiger partial charge in [0, 0.05) is 11.6 Å². The largest absolute Gasteiger partial charge is 0.468 e. The normalized spacial score (nSPS) is 11.7. The fraction of sp³-hybridized carbons (Fsp3) is 0.417. The van der Waals surface area contributed by atoms with Crippen molar-refractivity contribution in [2.75, 3.05) is 25.9 Å². The van der Waals surface area contributed by atoms with Gasteiger partial charge in [-0.15, -0.1) is 0 Å². The predicted molar refractivity (Wildman–Crippen MR) is 81.9 cm³/mol. The molecule has 0 atom stereocenters. The molecule has 21 heavy (non-hydrogen) atoms. The van der Waals surface area contributed by atoms with Crippen molar-refractivity contribution < 1.29 is 17.9 Å². The molecule has 0 aliphatic carbocycles. The lowest BCUT2D eigenvalue weighted by molar-refractivity contribution is -0.140. The Morgan fingerprint density at radius 1 is 1.38 bits per heavy atom. The highest BCUT2D eigenvalue weighted by molar-refractivity contribution is 7.89. The highest BCUT2D eigenvalue weighted by Crippen LogP contribution is 2.33. The van der Waals surface area contributed by atoms with Crippen molar-refractivity contribution in [3.8, 4) is 0 Å². The number of anilines is 1. The topological polar surface area (TPSA) is 89.7 Å². The molecule has 6 nitrogen and oxygen atoms in total. The van der Waals surface area contributed by atoms with E-state index in [1.165, 1.54) is 19.2 Å². The summed E-state index contributed by atoms with van der Waals surface area (Å²) in [5.74, 6) is -0.671. The van der Waals surface area contributed by atoms with Crippen LogP contribution in [0.2, 0.25) is 10.0 Å². The van der Waals surface area contributed by atoms with Gasteiger partial charge in [0.25, 0.3) is 0 Å². The number of ether oxygens (including phenoxy) is 1. The van der Waals surface area contributed by atoms with E-state index in [9.17, 15) is 13.2 Å². The Morgan fingerprint density at radius 2 is 2.00 bits per heavy atom. The number of methoxy groups -OCH3 is 1. The number of esters is 1. The minimum Gasteiger partial charge on any atom is -0.468 e. The molecule has 0 radical (unpaired) electrons. The van der Waals surface area contributed by atoms with Crippen LogP contribution in [0.25, 0.3) is 0 Å². The Hall–Kier alpha value is -1.02.